The lowest BCUT2D eigenvalue weighted by Crippen LogP contribution is -2.49. The highest BCUT2D eigenvalue weighted by molar-refractivity contribution is 7.12. The van der Waals surface area contributed by atoms with E-state index >= 15 is 0 Å². The molecule has 0 aliphatic carbocycles. The molecule has 3 aromatic heterocycles. The number of aromatic nitrogens is 4. The van der Waals surface area contributed by atoms with E-state index in [-0.39, 0.29) is 11.8 Å². The molecule has 10 heteroatoms. The number of aryl methyl sites for hydroxylation is 1. The van der Waals surface area contributed by atoms with Crippen molar-refractivity contribution in [1.29, 1.82) is 0 Å². The summed E-state index contributed by atoms with van der Waals surface area (Å²) < 4.78 is 1.74. The Hall–Kier alpha value is -3.79. The van der Waals surface area contributed by atoms with Crippen molar-refractivity contribution >= 4 is 34.7 Å². The fourth-order valence-corrected chi connectivity index (χ4v) is 4.54. The predicted molar refractivity (Wildman–Crippen MR) is 126 cm³/mol. The van der Waals surface area contributed by atoms with Gasteiger partial charge in [-0.3, -0.25) is 9.59 Å². The largest absolute Gasteiger partial charge is 0.353 e. The molecule has 0 atom stereocenters. The Morgan fingerprint density at radius 3 is 2.61 bits per heavy atom. The summed E-state index contributed by atoms with van der Waals surface area (Å²) in [6, 6.07) is 13.1. The van der Waals surface area contributed by atoms with E-state index in [9.17, 15) is 9.59 Å². The summed E-state index contributed by atoms with van der Waals surface area (Å²) >= 11 is 1.41. The molecule has 168 valence electrons. The van der Waals surface area contributed by atoms with Gasteiger partial charge in [-0.05, 0) is 36.1 Å². The standard InChI is InChI=1S/C23H23N7O2S/c1-16-13-20(30-23(27-16)25-15-26-30)28-8-10-29(11-9-28)22(32)18-6-4-17(5-7-18)14-24-21(31)19-3-2-12-33-19/h2-7,12-13,15H,8-11,14H2,1H3,(H,24,31). The lowest BCUT2D eigenvalue weighted by molar-refractivity contribution is 0.0746. The number of piperazine rings is 1. The van der Waals surface area contributed by atoms with E-state index < -0.39 is 0 Å². The molecule has 0 radical (unpaired) electrons. The van der Waals surface area contributed by atoms with Crippen LogP contribution in [-0.4, -0.2) is 62.5 Å². The summed E-state index contributed by atoms with van der Waals surface area (Å²) in [5.74, 6) is 1.45. The van der Waals surface area contributed by atoms with Gasteiger partial charge < -0.3 is 15.1 Å². The van der Waals surface area contributed by atoms with Crippen molar-refractivity contribution in [2.45, 2.75) is 13.5 Å². The summed E-state index contributed by atoms with van der Waals surface area (Å²) in [7, 11) is 0. The molecular weight excluding hydrogens is 438 g/mol. The fraction of sp³-hybridized carbons (Fsp3) is 0.261. The molecule has 1 aromatic carbocycles. The normalized spacial score (nSPS) is 14.0. The number of fused-ring (bicyclic) bond motifs is 1. The number of rotatable bonds is 5. The number of hydrogen-bond acceptors (Lipinski definition) is 7. The van der Waals surface area contributed by atoms with Crippen molar-refractivity contribution in [1.82, 2.24) is 29.8 Å². The number of thiophene rings is 1. The minimum Gasteiger partial charge on any atom is -0.353 e. The first-order valence-corrected chi connectivity index (χ1v) is 11.6. The van der Waals surface area contributed by atoms with Crippen molar-refractivity contribution in [2.75, 3.05) is 31.1 Å². The second-order valence-corrected chi connectivity index (χ2v) is 8.81. The third-order valence-corrected chi connectivity index (χ3v) is 6.52. The summed E-state index contributed by atoms with van der Waals surface area (Å²) in [4.78, 5) is 38.4. The van der Waals surface area contributed by atoms with Crippen LogP contribution in [0.3, 0.4) is 0 Å². The highest BCUT2D eigenvalue weighted by Crippen LogP contribution is 2.19. The first-order chi connectivity index (χ1) is 16.1. The van der Waals surface area contributed by atoms with Crippen LogP contribution in [0.15, 0.2) is 54.2 Å². The molecule has 1 aliphatic rings. The number of nitrogens with zero attached hydrogens (tertiary/aromatic N) is 6. The van der Waals surface area contributed by atoms with Gasteiger partial charge in [0.15, 0.2) is 0 Å². The Bertz CT molecular complexity index is 1280. The van der Waals surface area contributed by atoms with Gasteiger partial charge in [-0.2, -0.15) is 14.6 Å². The van der Waals surface area contributed by atoms with Gasteiger partial charge in [0, 0.05) is 50.0 Å². The molecule has 0 bridgehead atoms. The van der Waals surface area contributed by atoms with Crippen LogP contribution >= 0.6 is 11.3 Å². The van der Waals surface area contributed by atoms with Crippen molar-refractivity contribution in [3.63, 3.8) is 0 Å². The highest BCUT2D eigenvalue weighted by Gasteiger charge is 2.24. The summed E-state index contributed by atoms with van der Waals surface area (Å²) in [6.07, 6.45) is 1.50. The third-order valence-electron chi connectivity index (χ3n) is 5.65. The number of anilines is 1. The Morgan fingerprint density at radius 1 is 1.09 bits per heavy atom. The molecule has 4 heterocycles. The van der Waals surface area contributed by atoms with Crippen molar-refractivity contribution in [3.05, 3.63) is 75.9 Å². The molecule has 33 heavy (non-hydrogen) atoms. The molecule has 0 spiro atoms. The summed E-state index contributed by atoms with van der Waals surface area (Å²) in [6.45, 7) is 5.01. The zero-order chi connectivity index (χ0) is 22.8. The molecule has 1 N–H and O–H groups in total. The lowest BCUT2D eigenvalue weighted by atomic mass is 10.1. The van der Waals surface area contributed by atoms with E-state index in [1.54, 1.807) is 10.6 Å². The second kappa shape index (κ2) is 8.99. The zero-order valence-corrected chi connectivity index (χ0v) is 19.0. The Morgan fingerprint density at radius 2 is 1.88 bits per heavy atom. The molecule has 0 saturated carbocycles. The average molecular weight is 462 g/mol. The molecule has 2 amide bonds. The minimum atomic E-state index is -0.0874. The quantitative estimate of drug-likeness (QED) is 0.490. The number of nitrogens with one attached hydrogen (secondary N) is 1. The van der Waals surface area contributed by atoms with E-state index in [1.807, 2.05) is 53.6 Å². The van der Waals surface area contributed by atoms with Gasteiger partial charge in [-0.1, -0.05) is 18.2 Å². The Balaban J connectivity index is 1.18. The number of hydrogen-bond donors (Lipinski definition) is 1. The average Bonchev–Trinajstić information content (AvgIpc) is 3.54. The third kappa shape index (κ3) is 4.42. The number of amides is 2. The van der Waals surface area contributed by atoms with E-state index in [0.717, 1.165) is 17.1 Å². The van der Waals surface area contributed by atoms with E-state index in [2.05, 4.69) is 25.3 Å². The van der Waals surface area contributed by atoms with Gasteiger partial charge >= 0.3 is 0 Å². The molecule has 1 fully saturated rings. The van der Waals surface area contributed by atoms with Gasteiger partial charge in [-0.25, -0.2) is 4.98 Å². The van der Waals surface area contributed by atoms with E-state index in [0.29, 0.717) is 48.9 Å². The molecule has 4 aromatic rings. The van der Waals surface area contributed by atoms with Crippen LogP contribution in [0.4, 0.5) is 5.82 Å². The summed E-state index contributed by atoms with van der Waals surface area (Å²) in [5, 5.41) is 9.06. The maximum absolute atomic E-state index is 13.0. The van der Waals surface area contributed by atoms with E-state index in [1.165, 1.54) is 17.7 Å². The fourth-order valence-electron chi connectivity index (χ4n) is 3.90. The van der Waals surface area contributed by atoms with Crippen LogP contribution in [0.1, 0.15) is 31.3 Å². The highest BCUT2D eigenvalue weighted by atomic mass is 32.1. The zero-order valence-electron chi connectivity index (χ0n) is 18.1. The lowest BCUT2D eigenvalue weighted by Gasteiger charge is -2.36. The maximum atomic E-state index is 13.0. The van der Waals surface area contributed by atoms with Crippen LogP contribution in [0.2, 0.25) is 0 Å². The topological polar surface area (TPSA) is 95.7 Å². The van der Waals surface area contributed by atoms with Crippen molar-refractivity contribution in [3.8, 4) is 0 Å². The predicted octanol–water partition coefficient (Wildman–Crippen LogP) is 2.39. The van der Waals surface area contributed by atoms with Gasteiger partial charge in [0.1, 0.15) is 12.1 Å². The number of carbonyl (C=O) groups excluding carboxylic acids is 2. The van der Waals surface area contributed by atoms with Gasteiger partial charge in [0.2, 0.25) is 0 Å². The number of benzene rings is 1. The molecule has 5 rings (SSSR count). The van der Waals surface area contributed by atoms with Crippen LogP contribution < -0.4 is 10.2 Å². The Labute approximate surface area is 194 Å². The molecule has 1 saturated heterocycles. The number of carbonyl (C=O) groups is 2. The van der Waals surface area contributed by atoms with Crippen LogP contribution in [-0.2, 0) is 6.54 Å². The second-order valence-electron chi connectivity index (χ2n) is 7.86. The first kappa shape index (κ1) is 21.1. The maximum Gasteiger partial charge on any atom is 0.261 e. The monoisotopic (exact) mass is 461 g/mol. The molecule has 0 unspecified atom stereocenters. The van der Waals surface area contributed by atoms with Crippen molar-refractivity contribution in [2.24, 2.45) is 0 Å². The van der Waals surface area contributed by atoms with Crippen LogP contribution in [0.5, 0.6) is 0 Å². The van der Waals surface area contributed by atoms with Crippen molar-refractivity contribution < 1.29 is 9.59 Å². The molecule has 9 nitrogen and oxygen atoms in total. The van der Waals surface area contributed by atoms with Gasteiger partial charge in [-0.15, -0.1) is 11.3 Å². The SMILES string of the molecule is Cc1cc(N2CCN(C(=O)c3ccc(CNC(=O)c4cccs4)cc3)CC2)n2ncnc2n1. The smallest absolute Gasteiger partial charge is 0.261 e. The first-order valence-electron chi connectivity index (χ1n) is 10.7. The molecule has 1 aliphatic heterocycles. The van der Waals surface area contributed by atoms with E-state index in [4.69, 9.17) is 0 Å². The van der Waals surface area contributed by atoms with Gasteiger partial charge in [0.25, 0.3) is 17.6 Å². The minimum absolute atomic E-state index is 0.0145. The Kier molecular flexibility index (Phi) is 5.74. The van der Waals surface area contributed by atoms with Crippen LogP contribution in [0, 0.1) is 6.92 Å². The van der Waals surface area contributed by atoms with Crippen LogP contribution in [0.25, 0.3) is 5.78 Å². The molecular formula is C23H23N7O2S. The van der Waals surface area contributed by atoms with Gasteiger partial charge in [0.05, 0.1) is 4.88 Å². The summed E-state index contributed by atoms with van der Waals surface area (Å²) in [5.41, 5.74) is 2.48.